The van der Waals surface area contributed by atoms with Crippen LogP contribution in [-0.4, -0.2) is 44.4 Å². The zero-order chi connectivity index (χ0) is 28.1. The summed E-state index contributed by atoms with van der Waals surface area (Å²) >= 11 is 6.63. The molecule has 3 aromatic heterocycles. The van der Waals surface area contributed by atoms with Crippen molar-refractivity contribution in [3.05, 3.63) is 39.6 Å². The summed E-state index contributed by atoms with van der Waals surface area (Å²) in [7, 11) is 0.702. The molecule has 0 saturated heterocycles. The average molecular weight is 590 g/mol. The van der Waals surface area contributed by atoms with Crippen LogP contribution >= 0.6 is 22.9 Å². The minimum absolute atomic E-state index is 0.0419. The molecule has 3 heterocycles. The summed E-state index contributed by atoms with van der Waals surface area (Å²) in [4.78, 5) is 12.2. The number of rotatable bonds is 6. The Morgan fingerprint density at radius 3 is 2.24 bits per heavy atom. The quantitative estimate of drug-likeness (QED) is 0.341. The molecule has 1 amide bonds. The number of nitrogens with one attached hydrogen (secondary N) is 1. The van der Waals surface area contributed by atoms with E-state index in [9.17, 15) is 53.1 Å². The summed E-state index contributed by atoms with van der Waals surface area (Å²) in [5.74, 6) is -8.18. The van der Waals surface area contributed by atoms with Crippen molar-refractivity contribution in [3.8, 4) is 16.3 Å². The number of carbonyl (C=O) groups excluding carboxylic acids is 1. The molecule has 3 aromatic rings. The van der Waals surface area contributed by atoms with Gasteiger partial charge in [0.2, 0.25) is 0 Å². The fourth-order valence-corrected chi connectivity index (χ4v) is 4.28. The molecule has 0 aliphatic carbocycles. The van der Waals surface area contributed by atoms with Gasteiger partial charge in [-0.25, -0.2) is 9.36 Å². The molecule has 0 radical (unpaired) electrons. The molecular formula is C18H11ClF11N5OS. The minimum Gasteiger partial charge on any atom is -0.352 e. The van der Waals surface area contributed by atoms with Gasteiger partial charge in [-0.3, -0.25) is 4.79 Å². The van der Waals surface area contributed by atoms with Gasteiger partial charge < -0.3 is 5.32 Å². The second-order valence-electron chi connectivity index (χ2n) is 7.33. The van der Waals surface area contributed by atoms with Gasteiger partial charge in [-0.1, -0.05) is 11.6 Å². The largest absolute Gasteiger partial charge is 0.459 e. The first-order valence-corrected chi connectivity index (χ1v) is 10.7. The van der Waals surface area contributed by atoms with Crippen LogP contribution in [-0.2, 0) is 19.1 Å². The highest BCUT2D eigenvalue weighted by molar-refractivity contribution is 7.19. The first-order valence-electron chi connectivity index (χ1n) is 9.53. The van der Waals surface area contributed by atoms with Crippen LogP contribution in [0, 0.1) is 0 Å². The molecule has 0 fully saturated rings. The van der Waals surface area contributed by atoms with Gasteiger partial charge in [0.05, 0.1) is 18.2 Å². The van der Waals surface area contributed by atoms with E-state index in [0.717, 1.165) is 18.5 Å². The molecule has 3 rings (SSSR count). The second-order valence-corrected chi connectivity index (χ2v) is 8.99. The van der Waals surface area contributed by atoms with E-state index < -0.39 is 60.4 Å². The Morgan fingerprint density at radius 2 is 1.70 bits per heavy atom. The number of hydrogen-bond donors (Lipinski definition) is 1. The van der Waals surface area contributed by atoms with E-state index in [4.69, 9.17) is 11.6 Å². The number of alkyl halides is 11. The lowest BCUT2D eigenvalue weighted by Gasteiger charge is -2.19. The third-order valence-corrected chi connectivity index (χ3v) is 6.07. The smallest absolute Gasteiger partial charge is 0.352 e. The van der Waals surface area contributed by atoms with Gasteiger partial charge in [-0.2, -0.15) is 58.5 Å². The topological polar surface area (TPSA) is 64.7 Å². The van der Waals surface area contributed by atoms with Gasteiger partial charge in [0.1, 0.15) is 9.90 Å². The fraction of sp³-hybridized carbons (Fsp3) is 0.389. The summed E-state index contributed by atoms with van der Waals surface area (Å²) in [6.45, 7) is -0.757. The molecule has 6 nitrogen and oxygen atoms in total. The van der Waals surface area contributed by atoms with Crippen molar-refractivity contribution < 1.29 is 53.1 Å². The molecule has 0 aliphatic rings. The van der Waals surface area contributed by atoms with Crippen molar-refractivity contribution in [1.82, 2.24) is 24.9 Å². The maximum absolute atomic E-state index is 13.9. The molecule has 0 atom stereocenters. The molecule has 0 bridgehead atoms. The van der Waals surface area contributed by atoms with Crippen LogP contribution in [0.3, 0.4) is 0 Å². The summed E-state index contributed by atoms with van der Waals surface area (Å²) in [5.41, 5.74) is -5.25. The predicted molar refractivity (Wildman–Crippen MR) is 107 cm³/mol. The SMILES string of the molecule is Cn1nc(C(F)(F)C(F)(F)F)c(C(F)(F)F)c1-n1cc(-c2cc(C(=O)NCCC(F)(F)F)c(Cl)s2)cn1. The third-order valence-electron chi connectivity index (χ3n) is 4.66. The zero-order valence-corrected chi connectivity index (χ0v) is 19.4. The van der Waals surface area contributed by atoms with Crippen LogP contribution in [0.25, 0.3) is 16.3 Å². The van der Waals surface area contributed by atoms with Gasteiger partial charge in [0, 0.05) is 30.2 Å². The molecule has 1 N–H and O–H groups in total. The van der Waals surface area contributed by atoms with E-state index in [-0.39, 0.29) is 25.0 Å². The molecule has 37 heavy (non-hydrogen) atoms. The van der Waals surface area contributed by atoms with Gasteiger partial charge in [-0.15, -0.1) is 11.3 Å². The van der Waals surface area contributed by atoms with Crippen molar-refractivity contribution in [2.75, 3.05) is 6.54 Å². The normalized spacial score (nSPS) is 13.3. The van der Waals surface area contributed by atoms with E-state index in [1.165, 1.54) is 0 Å². The number of thiophene rings is 1. The maximum atomic E-state index is 13.9. The molecule has 0 spiro atoms. The van der Waals surface area contributed by atoms with Gasteiger partial charge in [0.25, 0.3) is 5.91 Å². The standard InChI is InChI=1S/C18H11ClF11N5OS/c1-34-14(10(17(25,26)27)11(33-34)16(23,24)18(28,29)30)35-6-7(5-32-35)9-4-8(12(19)37-9)13(36)31-3-2-15(20,21)22/h4-6H,2-3H2,1H3,(H,31,36). The summed E-state index contributed by atoms with van der Waals surface area (Å²) in [5, 5.41) is 8.35. The summed E-state index contributed by atoms with van der Waals surface area (Å²) in [6.07, 6.45) is -16.2. The van der Waals surface area contributed by atoms with E-state index in [1.807, 2.05) is 5.32 Å². The Bertz CT molecular complexity index is 1300. The average Bonchev–Trinajstić information content (AvgIpc) is 3.41. The van der Waals surface area contributed by atoms with Gasteiger partial charge in [0.15, 0.2) is 11.5 Å². The molecular weight excluding hydrogens is 579 g/mol. The number of carbonyl (C=O) groups is 1. The Hall–Kier alpha value is -2.89. The lowest BCUT2D eigenvalue weighted by Crippen LogP contribution is -2.36. The highest BCUT2D eigenvalue weighted by Gasteiger charge is 2.64. The van der Waals surface area contributed by atoms with Crippen LogP contribution in [0.4, 0.5) is 48.3 Å². The Morgan fingerprint density at radius 1 is 1.08 bits per heavy atom. The van der Waals surface area contributed by atoms with Gasteiger partial charge in [-0.05, 0) is 6.07 Å². The zero-order valence-electron chi connectivity index (χ0n) is 17.8. The Balaban J connectivity index is 1.99. The lowest BCUT2D eigenvalue weighted by molar-refractivity contribution is -0.292. The number of nitrogens with zero attached hydrogens (tertiary/aromatic N) is 4. The molecule has 0 unspecified atom stereocenters. The van der Waals surface area contributed by atoms with Crippen LogP contribution in [0.5, 0.6) is 0 Å². The van der Waals surface area contributed by atoms with Crippen LogP contribution in [0.15, 0.2) is 18.5 Å². The number of halogens is 12. The highest BCUT2D eigenvalue weighted by Crippen LogP contribution is 2.49. The first kappa shape index (κ1) is 28.7. The van der Waals surface area contributed by atoms with Crippen molar-refractivity contribution >= 4 is 28.8 Å². The Kier molecular flexibility index (Phi) is 7.32. The maximum Gasteiger partial charge on any atom is 0.459 e. The third kappa shape index (κ3) is 5.83. The van der Waals surface area contributed by atoms with Crippen molar-refractivity contribution in [2.45, 2.75) is 30.9 Å². The molecule has 0 aromatic carbocycles. The van der Waals surface area contributed by atoms with E-state index >= 15 is 0 Å². The Labute approximate surface area is 207 Å². The van der Waals surface area contributed by atoms with Crippen LogP contribution in [0.2, 0.25) is 4.34 Å². The molecule has 19 heteroatoms. The van der Waals surface area contributed by atoms with E-state index in [0.29, 0.717) is 23.1 Å². The van der Waals surface area contributed by atoms with Crippen LogP contribution in [0.1, 0.15) is 28.0 Å². The predicted octanol–water partition coefficient (Wildman–Crippen LogP) is 6.34. The summed E-state index contributed by atoms with van der Waals surface area (Å²) in [6, 6.07) is 1.09. The van der Waals surface area contributed by atoms with Crippen molar-refractivity contribution in [1.29, 1.82) is 0 Å². The van der Waals surface area contributed by atoms with Crippen molar-refractivity contribution in [3.63, 3.8) is 0 Å². The molecule has 204 valence electrons. The molecule has 0 saturated carbocycles. The molecule has 0 aliphatic heterocycles. The monoisotopic (exact) mass is 589 g/mol. The minimum atomic E-state index is -6.38. The van der Waals surface area contributed by atoms with Gasteiger partial charge >= 0.3 is 24.5 Å². The highest BCUT2D eigenvalue weighted by atomic mass is 35.5. The number of amides is 1. The number of aromatic nitrogens is 4. The van der Waals surface area contributed by atoms with E-state index in [2.05, 4.69) is 10.2 Å². The number of aryl methyl sites for hydroxylation is 1. The lowest BCUT2D eigenvalue weighted by atomic mass is 10.1. The van der Waals surface area contributed by atoms with Crippen molar-refractivity contribution in [2.24, 2.45) is 7.05 Å². The van der Waals surface area contributed by atoms with E-state index in [1.54, 1.807) is 0 Å². The number of hydrogen-bond acceptors (Lipinski definition) is 4. The fourth-order valence-electron chi connectivity index (χ4n) is 3.04. The second kappa shape index (κ2) is 9.45. The first-order chi connectivity index (χ1) is 16.7. The summed E-state index contributed by atoms with van der Waals surface area (Å²) < 4.78 is 144. The van der Waals surface area contributed by atoms with Crippen LogP contribution < -0.4 is 5.32 Å².